The Balaban J connectivity index is 1.21. The number of hydrogen-bond acceptors (Lipinski definition) is 4. The van der Waals surface area contributed by atoms with Crippen LogP contribution in [0.2, 0.25) is 0 Å². The van der Waals surface area contributed by atoms with E-state index in [1.165, 1.54) is 22.4 Å². The number of fused-ring (bicyclic) bond motifs is 1. The highest BCUT2D eigenvalue weighted by molar-refractivity contribution is 7.09. The average Bonchev–Trinajstić information content (AvgIpc) is 3.59. The predicted octanol–water partition coefficient (Wildman–Crippen LogP) is 4.46. The van der Waals surface area contributed by atoms with E-state index in [2.05, 4.69) is 51.2 Å². The molecular formula is C29H33N3O2S. The highest BCUT2D eigenvalue weighted by Gasteiger charge is 2.36. The lowest BCUT2D eigenvalue weighted by Gasteiger charge is -2.41. The quantitative estimate of drug-likeness (QED) is 0.534. The largest absolute Gasteiger partial charge is 0.342 e. The third-order valence-electron chi connectivity index (χ3n) is 8.07. The number of benzene rings is 1. The third kappa shape index (κ3) is 4.50. The molecule has 0 radical (unpaired) electrons. The number of amides is 1. The molecule has 2 aromatic heterocycles. The smallest absolute Gasteiger partial charge is 0.259 e. The van der Waals surface area contributed by atoms with Gasteiger partial charge in [0.05, 0.1) is 6.54 Å². The first-order valence-electron chi connectivity index (χ1n) is 13.0. The topological polar surface area (TPSA) is 45.6 Å². The summed E-state index contributed by atoms with van der Waals surface area (Å²) in [6.45, 7) is 5.88. The van der Waals surface area contributed by atoms with Crippen LogP contribution in [0.25, 0.3) is 0 Å². The van der Waals surface area contributed by atoms with Gasteiger partial charge in [0.25, 0.3) is 5.91 Å². The number of piperazine rings is 1. The molecule has 3 aliphatic rings. The molecule has 1 aliphatic heterocycles. The molecule has 0 bridgehead atoms. The Kier molecular flexibility index (Phi) is 6.11. The summed E-state index contributed by atoms with van der Waals surface area (Å²) >= 11 is 1.72. The molecule has 2 fully saturated rings. The van der Waals surface area contributed by atoms with E-state index in [-0.39, 0.29) is 11.3 Å². The summed E-state index contributed by atoms with van der Waals surface area (Å²) in [5, 5.41) is 2.08. The minimum Gasteiger partial charge on any atom is -0.342 e. The lowest BCUT2D eigenvalue weighted by Crippen LogP contribution is -2.53. The zero-order valence-electron chi connectivity index (χ0n) is 20.4. The number of rotatable bonds is 5. The number of carbonyl (C=O) groups is 1. The van der Waals surface area contributed by atoms with E-state index in [0.29, 0.717) is 30.6 Å². The summed E-state index contributed by atoms with van der Waals surface area (Å²) in [5.74, 6) is 0.260. The molecule has 35 heavy (non-hydrogen) atoms. The van der Waals surface area contributed by atoms with Crippen molar-refractivity contribution in [2.75, 3.05) is 26.2 Å². The van der Waals surface area contributed by atoms with Gasteiger partial charge < -0.3 is 9.47 Å². The fourth-order valence-corrected chi connectivity index (χ4v) is 6.69. The standard InChI is InChI=1S/C29H33N3O2S/c1-20-17-26(33)27(28(22-8-9-22)32(20)19-25-7-4-16-35-25)29(34)31-14-12-30(13-15-31)24-11-10-21-5-2-3-6-23(21)18-24/h2-7,16-17,22,24H,8-15,18-19H2,1H3. The summed E-state index contributed by atoms with van der Waals surface area (Å²) in [6.07, 6.45) is 5.54. The first kappa shape index (κ1) is 22.7. The number of thiophene rings is 1. The number of aromatic nitrogens is 1. The Morgan fingerprint density at radius 2 is 1.77 bits per heavy atom. The average molecular weight is 488 g/mol. The minimum absolute atomic E-state index is 0.0644. The van der Waals surface area contributed by atoms with Crippen molar-refractivity contribution in [2.45, 2.75) is 57.5 Å². The van der Waals surface area contributed by atoms with Crippen molar-refractivity contribution in [3.8, 4) is 0 Å². The lowest BCUT2D eigenvalue weighted by molar-refractivity contribution is 0.0550. The van der Waals surface area contributed by atoms with E-state index in [1.807, 2.05) is 11.8 Å². The van der Waals surface area contributed by atoms with Gasteiger partial charge in [-0.25, -0.2) is 0 Å². The summed E-state index contributed by atoms with van der Waals surface area (Å²) < 4.78 is 2.23. The van der Waals surface area contributed by atoms with Crippen molar-refractivity contribution in [3.63, 3.8) is 0 Å². The molecule has 6 rings (SSSR count). The van der Waals surface area contributed by atoms with Crippen molar-refractivity contribution in [2.24, 2.45) is 0 Å². The Morgan fingerprint density at radius 3 is 2.49 bits per heavy atom. The number of nitrogens with zero attached hydrogens (tertiary/aromatic N) is 3. The van der Waals surface area contributed by atoms with E-state index in [4.69, 9.17) is 0 Å². The van der Waals surface area contributed by atoms with Gasteiger partial charge in [0.1, 0.15) is 5.56 Å². The van der Waals surface area contributed by atoms with E-state index in [9.17, 15) is 9.59 Å². The number of hydrogen-bond donors (Lipinski definition) is 0. The Hall–Kier alpha value is -2.70. The van der Waals surface area contributed by atoms with Crippen molar-refractivity contribution < 1.29 is 4.79 Å². The SMILES string of the molecule is Cc1cc(=O)c(C(=O)N2CCN(C3CCc4ccccc4C3)CC2)c(C2CC2)n1Cc1cccs1. The zero-order valence-corrected chi connectivity index (χ0v) is 21.2. The molecule has 5 nitrogen and oxygen atoms in total. The van der Waals surface area contributed by atoms with Crippen molar-refractivity contribution in [3.05, 3.63) is 91.0 Å². The molecule has 1 aromatic carbocycles. The summed E-state index contributed by atoms with van der Waals surface area (Å²) in [5.41, 5.74) is 5.20. The van der Waals surface area contributed by atoms with Crippen LogP contribution >= 0.6 is 11.3 Å². The highest BCUT2D eigenvalue weighted by Crippen LogP contribution is 2.42. The number of pyridine rings is 1. The molecule has 3 heterocycles. The lowest BCUT2D eigenvalue weighted by atomic mass is 9.87. The van der Waals surface area contributed by atoms with Crippen molar-refractivity contribution in [1.29, 1.82) is 0 Å². The first-order valence-corrected chi connectivity index (χ1v) is 13.8. The molecular weight excluding hydrogens is 454 g/mol. The van der Waals surface area contributed by atoms with E-state index < -0.39 is 0 Å². The van der Waals surface area contributed by atoms with Gasteiger partial charge >= 0.3 is 0 Å². The molecule has 1 amide bonds. The van der Waals surface area contributed by atoms with Crippen LogP contribution in [0.3, 0.4) is 0 Å². The van der Waals surface area contributed by atoms with E-state index in [1.54, 1.807) is 17.4 Å². The number of carbonyl (C=O) groups excluding carboxylic acids is 1. The van der Waals surface area contributed by atoms with E-state index >= 15 is 0 Å². The van der Waals surface area contributed by atoms with Gasteiger partial charge in [0.15, 0.2) is 5.43 Å². The summed E-state index contributed by atoms with van der Waals surface area (Å²) in [6, 6.07) is 15.2. The Labute approximate surface area is 211 Å². The van der Waals surface area contributed by atoms with Gasteiger partial charge in [-0.2, -0.15) is 0 Å². The van der Waals surface area contributed by atoms with Gasteiger partial charge in [-0.1, -0.05) is 30.3 Å². The van der Waals surface area contributed by atoms with Crippen LogP contribution < -0.4 is 5.43 Å². The highest BCUT2D eigenvalue weighted by atomic mass is 32.1. The van der Waals surface area contributed by atoms with Crippen LogP contribution in [-0.2, 0) is 19.4 Å². The molecule has 0 N–H and O–H groups in total. The van der Waals surface area contributed by atoms with Gasteiger partial charge in [-0.3, -0.25) is 14.5 Å². The van der Waals surface area contributed by atoms with Crippen LogP contribution in [0.1, 0.15) is 62.9 Å². The van der Waals surface area contributed by atoms with Crippen molar-refractivity contribution >= 4 is 17.2 Å². The van der Waals surface area contributed by atoms with Crippen LogP contribution in [0.5, 0.6) is 0 Å². The van der Waals surface area contributed by atoms with E-state index in [0.717, 1.165) is 56.7 Å². The zero-order chi connectivity index (χ0) is 23.9. The van der Waals surface area contributed by atoms with Crippen molar-refractivity contribution in [1.82, 2.24) is 14.4 Å². The Morgan fingerprint density at radius 1 is 1.00 bits per heavy atom. The minimum atomic E-state index is -0.108. The Bertz CT molecular complexity index is 1280. The normalized spacial score (nSPS) is 20.6. The van der Waals surface area contributed by atoms with Gasteiger partial charge in [0, 0.05) is 60.5 Å². The molecule has 1 atom stereocenters. The molecule has 0 spiro atoms. The number of aryl methyl sites for hydroxylation is 2. The second kappa shape index (κ2) is 9.40. The maximum absolute atomic E-state index is 13.8. The van der Waals surface area contributed by atoms with Gasteiger partial charge in [-0.15, -0.1) is 11.3 Å². The maximum atomic E-state index is 13.8. The molecule has 182 valence electrons. The molecule has 1 saturated carbocycles. The predicted molar refractivity (Wildman–Crippen MR) is 141 cm³/mol. The monoisotopic (exact) mass is 487 g/mol. The summed E-state index contributed by atoms with van der Waals surface area (Å²) in [4.78, 5) is 32.7. The molecule has 1 saturated heterocycles. The molecule has 2 aliphatic carbocycles. The second-order valence-electron chi connectivity index (χ2n) is 10.3. The van der Waals surface area contributed by atoms with Crippen LogP contribution in [0.4, 0.5) is 0 Å². The van der Waals surface area contributed by atoms with Gasteiger partial charge in [0.2, 0.25) is 0 Å². The first-order chi connectivity index (χ1) is 17.1. The fourth-order valence-electron chi connectivity index (χ4n) is 5.99. The van der Waals surface area contributed by atoms with Crippen LogP contribution in [-0.4, -0.2) is 52.5 Å². The molecule has 3 aromatic rings. The maximum Gasteiger partial charge on any atom is 0.259 e. The second-order valence-corrected chi connectivity index (χ2v) is 11.4. The van der Waals surface area contributed by atoms with Crippen LogP contribution in [0, 0.1) is 6.92 Å². The van der Waals surface area contributed by atoms with Gasteiger partial charge in [-0.05, 0) is 61.6 Å². The molecule has 6 heteroatoms. The summed E-state index contributed by atoms with van der Waals surface area (Å²) in [7, 11) is 0. The van der Waals surface area contributed by atoms with Crippen LogP contribution in [0.15, 0.2) is 52.6 Å². The molecule has 1 unspecified atom stereocenters. The third-order valence-corrected chi connectivity index (χ3v) is 8.93. The fraction of sp³-hybridized carbons (Fsp3) is 0.448.